The number of fused-ring (bicyclic) bond motifs is 1. The molecule has 0 aliphatic heterocycles. The highest BCUT2D eigenvalue weighted by atomic mass is 16.4. The number of rotatable bonds is 4. The predicted molar refractivity (Wildman–Crippen MR) is 151 cm³/mol. The molecule has 36 heavy (non-hydrogen) atoms. The molecule has 0 heterocycles. The molecule has 0 saturated heterocycles. The van der Waals surface area contributed by atoms with Gasteiger partial charge in [-0.1, -0.05) is 65.0 Å². The molecule has 3 aromatic carbocycles. The summed E-state index contributed by atoms with van der Waals surface area (Å²) in [6.45, 7) is 13.8. The van der Waals surface area contributed by atoms with Gasteiger partial charge < -0.3 is 15.9 Å². The van der Waals surface area contributed by atoms with Crippen molar-refractivity contribution in [3.05, 3.63) is 94.0 Å². The summed E-state index contributed by atoms with van der Waals surface area (Å²) in [5.41, 5.74) is 14.7. The van der Waals surface area contributed by atoms with Gasteiger partial charge in [0.2, 0.25) is 0 Å². The van der Waals surface area contributed by atoms with E-state index in [1.54, 1.807) is 36.4 Å². The summed E-state index contributed by atoms with van der Waals surface area (Å²) >= 11 is 0. The largest absolute Gasteiger partial charge is 0.508 e. The molecule has 0 aromatic heterocycles. The van der Waals surface area contributed by atoms with Gasteiger partial charge in [-0.05, 0) is 107 Å². The second kappa shape index (κ2) is 10.6. The van der Waals surface area contributed by atoms with Gasteiger partial charge >= 0.3 is 5.97 Å². The Morgan fingerprint density at radius 3 is 1.92 bits per heavy atom. The summed E-state index contributed by atoms with van der Waals surface area (Å²) in [6, 6.07) is 18.4. The number of anilines is 1. The predicted octanol–water partition coefficient (Wildman–Crippen LogP) is 7.83. The zero-order chi connectivity index (χ0) is 26.7. The Labute approximate surface area is 215 Å². The maximum atomic E-state index is 11.1. The zero-order valence-electron chi connectivity index (χ0n) is 22.4. The van der Waals surface area contributed by atoms with E-state index >= 15 is 0 Å². The highest BCUT2D eigenvalue weighted by molar-refractivity contribution is 5.88. The fraction of sp³-hybridized carbons (Fsp3) is 0.344. The molecule has 4 N–H and O–H groups in total. The van der Waals surface area contributed by atoms with Crippen LogP contribution in [0.1, 0.15) is 92.6 Å². The molecule has 0 atom stereocenters. The van der Waals surface area contributed by atoms with Crippen LogP contribution in [0.4, 0.5) is 5.69 Å². The molecule has 0 saturated carbocycles. The number of allylic oxidation sites excluding steroid dienone is 1. The average Bonchev–Trinajstić information content (AvgIpc) is 2.84. The molecule has 4 rings (SSSR count). The van der Waals surface area contributed by atoms with Crippen molar-refractivity contribution in [1.29, 1.82) is 0 Å². The summed E-state index contributed by atoms with van der Waals surface area (Å²) in [4.78, 5) is 11.1. The van der Waals surface area contributed by atoms with Crippen molar-refractivity contribution < 1.29 is 15.0 Å². The number of phenolic OH excluding ortho intramolecular Hbond substituents is 1. The van der Waals surface area contributed by atoms with Crippen molar-refractivity contribution in [3.8, 4) is 5.75 Å². The first-order valence-corrected chi connectivity index (χ1v) is 12.6. The van der Waals surface area contributed by atoms with E-state index in [-0.39, 0.29) is 16.6 Å². The smallest absolute Gasteiger partial charge is 0.335 e. The number of aromatic carboxylic acids is 1. The minimum absolute atomic E-state index is 0.190. The lowest BCUT2D eigenvalue weighted by Gasteiger charge is -2.42. The van der Waals surface area contributed by atoms with E-state index < -0.39 is 5.97 Å². The van der Waals surface area contributed by atoms with Gasteiger partial charge in [-0.3, -0.25) is 0 Å². The van der Waals surface area contributed by atoms with Crippen LogP contribution in [0.2, 0.25) is 0 Å². The summed E-state index contributed by atoms with van der Waals surface area (Å²) in [7, 11) is 0. The summed E-state index contributed by atoms with van der Waals surface area (Å²) in [6.07, 6.45) is 5.59. The lowest BCUT2D eigenvalue weighted by molar-refractivity contribution is 0.0697. The number of benzene rings is 3. The van der Waals surface area contributed by atoms with E-state index in [1.165, 1.54) is 40.7 Å². The molecule has 0 radical (unpaired) electrons. The van der Waals surface area contributed by atoms with Gasteiger partial charge in [0.1, 0.15) is 5.75 Å². The number of phenols is 1. The number of aryl methyl sites for hydroxylation is 1. The number of aromatic hydroxyl groups is 1. The second-order valence-electron chi connectivity index (χ2n) is 11.0. The number of nitrogens with two attached hydrogens (primary N) is 1. The highest BCUT2D eigenvalue weighted by Gasteiger charge is 2.37. The van der Waals surface area contributed by atoms with Crippen LogP contribution in [0, 0.1) is 0 Å². The molecule has 0 bridgehead atoms. The number of carboxylic acid groups (broad SMARTS) is 1. The van der Waals surface area contributed by atoms with Crippen LogP contribution in [0.25, 0.3) is 11.6 Å². The van der Waals surface area contributed by atoms with Crippen LogP contribution in [0.5, 0.6) is 5.75 Å². The Hall–Kier alpha value is -3.53. The van der Waals surface area contributed by atoms with E-state index in [9.17, 15) is 4.79 Å². The van der Waals surface area contributed by atoms with Gasteiger partial charge in [0.25, 0.3) is 0 Å². The lowest BCUT2D eigenvalue weighted by atomic mass is 9.62. The van der Waals surface area contributed by atoms with Gasteiger partial charge in [-0.25, -0.2) is 4.79 Å². The first kappa shape index (κ1) is 27.1. The molecule has 0 unspecified atom stereocenters. The number of carboxylic acids is 1. The van der Waals surface area contributed by atoms with Crippen molar-refractivity contribution in [2.24, 2.45) is 0 Å². The van der Waals surface area contributed by atoms with Crippen LogP contribution >= 0.6 is 0 Å². The molecule has 190 valence electrons. The van der Waals surface area contributed by atoms with E-state index in [4.69, 9.17) is 15.9 Å². The number of hydrogen-bond acceptors (Lipinski definition) is 3. The summed E-state index contributed by atoms with van der Waals surface area (Å²) in [5, 5.41) is 17.8. The fourth-order valence-electron chi connectivity index (χ4n) is 4.84. The molecular formula is C32H39NO3. The Morgan fingerprint density at radius 1 is 0.917 bits per heavy atom. The minimum Gasteiger partial charge on any atom is -0.508 e. The Morgan fingerprint density at radius 2 is 1.44 bits per heavy atom. The van der Waals surface area contributed by atoms with Gasteiger partial charge in [0.15, 0.2) is 0 Å². The van der Waals surface area contributed by atoms with Crippen LogP contribution in [-0.4, -0.2) is 16.2 Å². The molecule has 0 fully saturated rings. The maximum absolute atomic E-state index is 11.1. The third-order valence-corrected chi connectivity index (χ3v) is 7.32. The topological polar surface area (TPSA) is 83.5 Å². The van der Waals surface area contributed by atoms with E-state index in [0.29, 0.717) is 11.3 Å². The second-order valence-corrected chi connectivity index (χ2v) is 11.0. The normalized spacial score (nSPS) is 15.9. The fourth-order valence-corrected chi connectivity index (χ4v) is 4.84. The van der Waals surface area contributed by atoms with Crippen molar-refractivity contribution >= 4 is 23.3 Å². The molecule has 4 nitrogen and oxygen atoms in total. The van der Waals surface area contributed by atoms with Crippen molar-refractivity contribution in [3.63, 3.8) is 0 Å². The summed E-state index contributed by atoms with van der Waals surface area (Å²) < 4.78 is 0. The standard InChI is InChI=1S/C26H32O2.C6H7NO/c1-7-19-15-22-23(26(5,6)13-12-25(22,3)4)16-21(19)17(2)14-18-8-10-20(11-9-18)24(27)28;7-5-1-3-6(8)4-2-5/h8-11,14-16H,7,12-13H2,1-6H3,(H,27,28);1-4,8H,7H2/b17-14+;. The molecule has 3 aromatic rings. The Bertz CT molecular complexity index is 1230. The van der Waals surface area contributed by atoms with Crippen LogP contribution in [-0.2, 0) is 17.3 Å². The van der Waals surface area contributed by atoms with E-state index in [1.807, 2.05) is 12.1 Å². The molecular weight excluding hydrogens is 446 g/mol. The van der Waals surface area contributed by atoms with Crippen molar-refractivity contribution in [2.75, 3.05) is 5.73 Å². The quantitative estimate of drug-likeness (QED) is 0.200. The highest BCUT2D eigenvalue weighted by Crippen LogP contribution is 2.47. The van der Waals surface area contributed by atoms with E-state index in [2.05, 4.69) is 59.8 Å². The van der Waals surface area contributed by atoms with Crippen LogP contribution in [0.15, 0.2) is 60.7 Å². The zero-order valence-corrected chi connectivity index (χ0v) is 22.4. The first-order valence-electron chi connectivity index (χ1n) is 12.6. The van der Waals surface area contributed by atoms with Gasteiger partial charge in [0.05, 0.1) is 5.56 Å². The molecule has 4 heteroatoms. The van der Waals surface area contributed by atoms with Crippen molar-refractivity contribution in [1.82, 2.24) is 0 Å². The van der Waals surface area contributed by atoms with Gasteiger partial charge in [-0.15, -0.1) is 0 Å². The maximum Gasteiger partial charge on any atom is 0.335 e. The van der Waals surface area contributed by atoms with Gasteiger partial charge in [0, 0.05) is 5.69 Å². The molecule has 0 amide bonds. The van der Waals surface area contributed by atoms with Crippen LogP contribution in [0.3, 0.4) is 0 Å². The number of hydrogen-bond donors (Lipinski definition) is 3. The molecule has 1 aliphatic carbocycles. The van der Waals surface area contributed by atoms with Crippen LogP contribution < -0.4 is 5.73 Å². The minimum atomic E-state index is -0.889. The Balaban J connectivity index is 0.000000383. The summed E-state index contributed by atoms with van der Waals surface area (Å²) in [5.74, 6) is -0.640. The van der Waals surface area contributed by atoms with Crippen molar-refractivity contribution in [2.45, 2.75) is 71.6 Å². The Kier molecular flexibility index (Phi) is 7.98. The molecule has 0 spiro atoms. The first-order chi connectivity index (χ1) is 16.8. The lowest BCUT2D eigenvalue weighted by Crippen LogP contribution is -2.34. The number of nitrogen functional groups attached to an aromatic ring is 1. The molecule has 1 aliphatic rings. The van der Waals surface area contributed by atoms with Gasteiger partial charge in [-0.2, -0.15) is 0 Å². The van der Waals surface area contributed by atoms with E-state index in [0.717, 1.165) is 12.0 Å². The third-order valence-electron chi connectivity index (χ3n) is 7.32. The monoisotopic (exact) mass is 485 g/mol. The number of carbonyl (C=O) groups is 1. The third kappa shape index (κ3) is 6.17. The average molecular weight is 486 g/mol. The SMILES string of the molecule is CCc1cc2c(cc1/C(C)=C/c1ccc(C(=O)O)cc1)C(C)(C)CCC2(C)C.Nc1ccc(O)cc1.